The van der Waals surface area contributed by atoms with Crippen molar-refractivity contribution in [3.63, 3.8) is 0 Å². The highest BCUT2D eigenvalue weighted by Gasteiger charge is 2.20. The Labute approximate surface area is 496 Å². The molecule has 2 atom stereocenters. The smallest absolute Gasteiger partial charge is 0.305 e. The molecule has 3 N–H and O–H groups in total. The molecule has 6 nitrogen and oxygen atoms in total. The topological polar surface area (TPSA) is 95.9 Å². The average Bonchev–Trinajstić information content (AvgIpc) is 3.45. The Morgan fingerprint density at radius 1 is 0.304 bits per heavy atom. The molecule has 2 unspecified atom stereocenters. The first kappa shape index (κ1) is 77.9. The second kappa shape index (κ2) is 69.4. The van der Waals surface area contributed by atoms with Crippen LogP contribution < -0.4 is 5.32 Å². The van der Waals surface area contributed by atoms with E-state index in [1.807, 2.05) is 0 Å². The summed E-state index contributed by atoms with van der Waals surface area (Å²) in [5, 5.41) is 23.4. The highest BCUT2D eigenvalue weighted by atomic mass is 16.5. The summed E-state index contributed by atoms with van der Waals surface area (Å²) in [5.74, 6) is -0.00544. The number of carbonyl (C=O) groups is 2. The van der Waals surface area contributed by atoms with Gasteiger partial charge in [0.2, 0.25) is 5.91 Å². The summed E-state index contributed by atoms with van der Waals surface area (Å²) in [6, 6.07) is -0.540. The third-order valence-corrected chi connectivity index (χ3v) is 17.7. The van der Waals surface area contributed by atoms with E-state index < -0.39 is 12.1 Å². The Bertz CT molecular complexity index is 1150. The predicted octanol–water partition coefficient (Wildman–Crippen LogP) is 23.8. The summed E-state index contributed by atoms with van der Waals surface area (Å²) in [4.78, 5) is 24.7. The van der Waals surface area contributed by atoms with Crippen LogP contribution in [0.15, 0.2) is 0 Å². The molecule has 1 amide bonds. The largest absolute Gasteiger partial charge is 0.466 e. The quantitative estimate of drug-likeness (QED) is 0.0417. The van der Waals surface area contributed by atoms with Crippen LogP contribution in [0.5, 0.6) is 0 Å². The first-order chi connectivity index (χ1) is 39.0. The maximum Gasteiger partial charge on any atom is 0.305 e. The lowest BCUT2D eigenvalue weighted by Crippen LogP contribution is -2.45. The number of nitrogens with one attached hydrogen (secondary N) is 1. The van der Waals surface area contributed by atoms with Gasteiger partial charge in [0.25, 0.3) is 0 Å². The lowest BCUT2D eigenvalue weighted by atomic mass is 10.0. The highest BCUT2D eigenvalue weighted by molar-refractivity contribution is 5.76. The van der Waals surface area contributed by atoms with E-state index in [-0.39, 0.29) is 18.5 Å². The molecule has 0 fully saturated rings. The van der Waals surface area contributed by atoms with Gasteiger partial charge in [-0.25, -0.2) is 0 Å². The van der Waals surface area contributed by atoms with Gasteiger partial charge in [0.15, 0.2) is 0 Å². The summed E-state index contributed by atoms with van der Waals surface area (Å²) >= 11 is 0. The Morgan fingerprint density at radius 3 is 0.772 bits per heavy atom. The molecular formula is C73H145NO5. The summed E-state index contributed by atoms with van der Waals surface area (Å²) in [6.45, 7) is 5.01. The molecule has 472 valence electrons. The van der Waals surface area contributed by atoms with Gasteiger partial charge in [0.05, 0.1) is 25.4 Å². The monoisotopic (exact) mass is 1120 g/mol. The van der Waals surface area contributed by atoms with Crippen molar-refractivity contribution < 1.29 is 24.5 Å². The lowest BCUT2D eigenvalue weighted by Gasteiger charge is -2.22. The minimum Gasteiger partial charge on any atom is -0.466 e. The Balaban J connectivity index is 3.33. The Morgan fingerprint density at radius 2 is 0.519 bits per heavy atom. The first-order valence-electron chi connectivity index (χ1n) is 36.8. The number of hydrogen-bond acceptors (Lipinski definition) is 5. The molecule has 0 aromatic heterocycles. The van der Waals surface area contributed by atoms with Crippen LogP contribution >= 0.6 is 0 Å². The molecule has 0 bridgehead atoms. The number of esters is 1. The van der Waals surface area contributed by atoms with Crippen LogP contribution in [0.25, 0.3) is 0 Å². The van der Waals surface area contributed by atoms with E-state index in [0.29, 0.717) is 25.9 Å². The number of carbonyl (C=O) groups excluding carboxylic acids is 2. The number of aliphatic hydroxyl groups excluding tert-OH is 2. The standard InChI is InChI=1S/C73H145NO5/c1-3-5-7-9-11-13-15-17-19-21-30-35-39-43-47-51-55-59-63-67-73(78)79-68-64-60-56-52-48-44-40-36-32-29-27-25-23-24-26-28-31-34-38-42-46-50-54-58-62-66-72(77)74-70(69-75)71(76)65-61-57-53-49-45-41-37-33-22-20-18-16-14-12-10-8-6-4-2/h70-71,75-76H,3-69H2,1-2H3,(H,74,77). The molecule has 0 rings (SSSR count). The molecule has 0 aromatic rings. The van der Waals surface area contributed by atoms with Gasteiger partial charge in [-0.05, 0) is 25.7 Å². The third-order valence-electron chi connectivity index (χ3n) is 17.7. The minimum absolute atomic E-state index is 0.0228. The van der Waals surface area contributed by atoms with Crippen molar-refractivity contribution in [1.29, 1.82) is 0 Å². The molecule has 79 heavy (non-hydrogen) atoms. The van der Waals surface area contributed by atoms with E-state index in [2.05, 4.69) is 19.2 Å². The van der Waals surface area contributed by atoms with Crippen molar-refractivity contribution in [2.45, 2.75) is 443 Å². The lowest BCUT2D eigenvalue weighted by molar-refractivity contribution is -0.143. The van der Waals surface area contributed by atoms with Gasteiger partial charge in [-0.3, -0.25) is 9.59 Å². The highest BCUT2D eigenvalue weighted by Crippen LogP contribution is 2.20. The number of hydrogen-bond donors (Lipinski definition) is 3. The molecule has 0 aliphatic carbocycles. The zero-order valence-electron chi connectivity index (χ0n) is 54.2. The number of ether oxygens (including phenoxy) is 1. The van der Waals surface area contributed by atoms with E-state index in [9.17, 15) is 19.8 Å². The van der Waals surface area contributed by atoms with Crippen molar-refractivity contribution in [3.8, 4) is 0 Å². The fourth-order valence-electron chi connectivity index (χ4n) is 12.1. The molecule has 0 heterocycles. The van der Waals surface area contributed by atoms with Crippen LogP contribution in [0, 0.1) is 0 Å². The Kier molecular flexibility index (Phi) is 68.4. The van der Waals surface area contributed by atoms with Gasteiger partial charge in [0.1, 0.15) is 0 Å². The minimum atomic E-state index is -0.663. The van der Waals surface area contributed by atoms with Crippen LogP contribution in [0.4, 0.5) is 0 Å². The van der Waals surface area contributed by atoms with Crippen LogP contribution in [0.3, 0.4) is 0 Å². The van der Waals surface area contributed by atoms with Crippen LogP contribution in [0.1, 0.15) is 431 Å². The fourth-order valence-corrected chi connectivity index (χ4v) is 12.1. The summed E-state index contributed by atoms with van der Waals surface area (Å²) in [7, 11) is 0. The van der Waals surface area contributed by atoms with Gasteiger partial charge >= 0.3 is 5.97 Å². The Hall–Kier alpha value is -1.14. The maximum absolute atomic E-state index is 12.5. The SMILES string of the molecule is CCCCCCCCCCCCCCCCCCCCCC(=O)OCCCCCCCCCCCCCCCCCCCCCCCCCCCC(=O)NC(CO)C(O)CCCCCCCCCCCCCCCCCCCC. The van der Waals surface area contributed by atoms with Gasteiger partial charge in [0, 0.05) is 12.8 Å². The van der Waals surface area contributed by atoms with Crippen molar-refractivity contribution in [2.75, 3.05) is 13.2 Å². The summed E-state index contributed by atoms with van der Waals surface area (Å²) in [6.07, 6.45) is 84.5. The van der Waals surface area contributed by atoms with Gasteiger partial charge < -0.3 is 20.3 Å². The number of amides is 1. The zero-order chi connectivity index (χ0) is 57.1. The average molecular weight is 1120 g/mol. The summed E-state index contributed by atoms with van der Waals surface area (Å²) in [5.41, 5.74) is 0. The van der Waals surface area contributed by atoms with Crippen molar-refractivity contribution in [1.82, 2.24) is 5.32 Å². The molecule has 0 radical (unpaired) electrons. The first-order valence-corrected chi connectivity index (χ1v) is 36.8. The third kappa shape index (κ3) is 65.9. The van der Waals surface area contributed by atoms with Crippen LogP contribution in [0.2, 0.25) is 0 Å². The van der Waals surface area contributed by atoms with Crippen LogP contribution in [-0.4, -0.2) is 47.4 Å². The zero-order valence-corrected chi connectivity index (χ0v) is 54.2. The normalized spacial score (nSPS) is 12.4. The number of unbranched alkanes of at least 4 members (excludes halogenated alkanes) is 59. The molecular weight excluding hydrogens is 971 g/mol. The van der Waals surface area contributed by atoms with Crippen molar-refractivity contribution in [3.05, 3.63) is 0 Å². The number of rotatable bonds is 70. The summed E-state index contributed by atoms with van der Waals surface area (Å²) < 4.78 is 5.52. The van der Waals surface area contributed by atoms with E-state index >= 15 is 0 Å². The molecule has 0 aliphatic rings. The molecule has 0 saturated carbocycles. The fraction of sp³-hybridized carbons (Fsp3) is 0.973. The van der Waals surface area contributed by atoms with Gasteiger partial charge in [-0.1, -0.05) is 393 Å². The molecule has 0 aromatic carbocycles. The predicted molar refractivity (Wildman–Crippen MR) is 347 cm³/mol. The second-order valence-electron chi connectivity index (χ2n) is 25.6. The second-order valence-corrected chi connectivity index (χ2v) is 25.6. The van der Waals surface area contributed by atoms with E-state index in [1.54, 1.807) is 0 Å². The molecule has 0 saturated heterocycles. The van der Waals surface area contributed by atoms with Gasteiger partial charge in [-0.2, -0.15) is 0 Å². The number of aliphatic hydroxyl groups is 2. The van der Waals surface area contributed by atoms with Crippen molar-refractivity contribution >= 4 is 11.9 Å². The molecule has 0 spiro atoms. The molecule has 6 heteroatoms. The van der Waals surface area contributed by atoms with Crippen molar-refractivity contribution in [2.24, 2.45) is 0 Å². The van der Waals surface area contributed by atoms with E-state index in [0.717, 1.165) is 38.5 Å². The van der Waals surface area contributed by atoms with Crippen LogP contribution in [-0.2, 0) is 14.3 Å². The maximum atomic E-state index is 12.5. The van der Waals surface area contributed by atoms with E-state index in [4.69, 9.17) is 4.74 Å². The molecule has 0 aliphatic heterocycles. The van der Waals surface area contributed by atoms with Gasteiger partial charge in [-0.15, -0.1) is 0 Å². The van der Waals surface area contributed by atoms with E-state index in [1.165, 1.54) is 360 Å².